The van der Waals surface area contributed by atoms with E-state index < -0.39 is 0 Å². The lowest BCUT2D eigenvalue weighted by Gasteiger charge is -2.40. The van der Waals surface area contributed by atoms with E-state index >= 15 is 0 Å². The zero-order chi connectivity index (χ0) is 37.6. The van der Waals surface area contributed by atoms with Gasteiger partial charge in [0.1, 0.15) is 11.5 Å². The maximum Gasteiger partial charge on any atom is 0.224 e. The number of ether oxygens (including phenoxy) is 2. The molecule has 4 bridgehead atoms. The van der Waals surface area contributed by atoms with Crippen molar-refractivity contribution in [1.29, 1.82) is 0 Å². The van der Waals surface area contributed by atoms with Crippen LogP contribution in [-0.4, -0.2) is 73.3 Å². The van der Waals surface area contributed by atoms with Gasteiger partial charge >= 0.3 is 0 Å². The molecule has 0 spiro atoms. The van der Waals surface area contributed by atoms with Crippen molar-refractivity contribution in [3.05, 3.63) is 59.2 Å². The summed E-state index contributed by atoms with van der Waals surface area (Å²) in [7, 11) is 3.54. The van der Waals surface area contributed by atoms with Crippen molar-refractivity contribution in [2.75, 3.05) is 40.4 Å². The van der Waals surface area contributed by atoms with E-state index in [0.29, 0.717) is 11.8 Å². The molecule has 4 saturated carbocycles. The molecule has 2 aromatic rings. The fourth-order valence-electron chi connectivity index (χ4n) is 10.9. The molecule has 0 aromatic heterocycles. The number of nitrogens with zero attached hydrogens (tertiary/aromatic N) is 2. The summed E-state index contributed by atoms with van der Waals surface area (Å²) in [6.45, 7) is 12.4. The Morgan fingerprint density at radius 2 is 1.09 bits per heavy atom. The van der Waals surface area contributed by atoms with Gasteiger partial charge in [0.2, 0.25) is 5.24 Å². The number of benzene rings is 2. The number of rotatable bonds is 9. The first-order valence-corrected chi connectivity index (χ1v) is 21.5. The molecule has 6 nitrogen and oxygen atoms in total. The monoisotopic (exact) mass is 798 g/mol. The highest BCUT2D eigenvalue weighted by Crippen LogP contribution is 2.49. The first-order valence-electron chi connectivity index (χ1n) is 21.1. The fraction of sp³-hybridized carbons (Fsp3) is 0.702. The number of piperidine rings is 2. The lowest BCUT2D eigenvalue weighted by molar-refractivity contribution is -0.114. The topological polar surface area (TPSA) is 59.1 Å². The first-order chi connectivity index (χ1) is 25.6. The van der Waals surface area contributed by atoms with Crippen LogP contribution in [0.1, 0.15) is 145 Å². The number of carbonyl (C=O) groups excluding carboxylic acids is 2. The van der Waals surface area contributed by atoms with Gasteiger partial charge in [-0.25, -0.2) is 0 Å². The molecule has 6 fully saturated rings. The standard InChI is InChI=1S/C23H33NO2.C19H27NO.C4H7ClO.CH4.ClH/c1-15(2)23(25)19-6-7-22(26-3)20(14-19)17-8-10-24(11-9-17)21-13-16-4-5-18(21)12-16;1-21-19-5-3-2-4-17(19)15-8-10-20(11-9-15)18-13-14-6-7-16(18)12-14;1-3(2)4(5)6;;/h6-7,14-18,21H,4-5,8-13H2,1-3H3;2-5,14-16,18H,6-13H2,1H3;3H,1-2H3;1H4;1H/t16-,18+,21-;14-,16+,18-;;;/m11.../s1. The van der Waals surface area contributed by atoms with Crippen molar-refractivity contribution < 1.29 is 19.1 Å². The van der Waals surface area contributed by atoms with Crippen LogP contribution in [0.5, 0.6) is 11.5 Å². The molecule has 6 atom stereocenters. The SMILES string of the molecule is C.CC(C)C(=O)Cl.COc1ccc(C(=O)C(C)C)cc1C1CCN([C@@H]2C[C@@H]3CC[C@H]2C3)CC1.COc1ccccc1C1CCN([C@@H]2C[C@@H]3CC[C@H]2C3)CC1.Cl. The summed E-state index contributed by atoms with van der Waals surface area (Å²) in [5, 5.41) is -0.269. The van der Waals surface area contributed by atoms with Gasteiger partial charge in [-0.1, -0.05) is 66.2 Å². The smallest absolute Gasteiger partial charge is 0.224 e. The zero-order valence-corrected chi connectivity index (χ0v) is 35.5. The second-order valence-corrected chi connectivity index (χ2v) is 18.2. The average molecular weight is 800 g/mol. The Kier molecular flexibility index (Phi) is 17.4. The van der Waals surface area contributed by atoms with Crippen LogP contribution in [0.4, 0.5) is 0 Å². The molecule has 2 aromatic carbocycles. The van der Waals surface area contributed by atoms with Crippen molar-refractivity contribution in [3.63, 3.8) is 0 Å². The fourth-order valence-corrected chi connectivity index (χ4v) is 10.9. The summed E-state index contributed by atoms with van der Waals surface area (Å²) in [4.78, 5) is 27.9. The maximum atomic E-state index is 12.4. The molecule has 8 heteroatoms. The molecular formula is C47H72Cl2N2O4. The summed E-state index contributed by atoms with van der Waals surface area (Å²) in [5.41, 5.74) is 3.51. The highest BCUT2D eigenvalue weighted by atomic mass is 35.5. The third-order valence-electron chi connectivity index (χ3n) is 13.9. The molecule has 0 radical (unpaired) electrons. The second-order valence-electron chi connectivity index (χ2n) is 17.8. The third-order valence-corrected chi connectivity index (χ3v) is 14.3. The van der Waals surface area contributed by atoms with E-state index in [9.17, 15) is 9.59 Å². The molecule has 0 unspecified atom stereocenters. The zero-order valence-electron chi connectivity index (χ0n) is 33.9. The largest absolute Gasteiger partial charge is 0.496 e. The van der Waals surface area contributed by atoms with Crippen molar-refractivity contribution in [2.45, 2.75) is 136 Å². The minimum absolute atomic E-state index is 0. The lowest BCUT2D eigenvalue weighted by Crippen LogP contribution is -2.43. The number of hydrogen-bond donors (Lipinski definition) is 0. The van der Waals surface area contributed by atoms with Crippen molar-refractivity contribution in [2.24, 2.45) is 35.5 Å². The highest BCUT2D eigenvalue weighted by molar-refractivity contribution is 6.63. The highest BCUT2D eigenvalue weighted by Gasteiger charge is 2.44. The lowest BCUT2D eigenvalue weighted by atomic mass is 9.85. The van der Waals surface area contributed by atoms with E-state index in [1.807, 2.05) is 26.0 Å². The summed E-state index contributed by atoms with van der Waals surface area (Å²) in [6, 6.07) is 16.4. The molecular weight excluding hydrogens is 727 g/mol. The van der Waals surface area contributed by atoms with Crippen LogP contribution in [0.3, 0.4) is 0 Å². The number of hydrogen-bond acceptors (Lipinski definition) is 6. The van der Waals surface area contributed by atoms with Gasteiger partial charge in [0.25, 0.3) is 0 Å². The van der Waals surface area contributed by atoms with E-state index in [1.165, 1.54) is 114 Å². The van der Waals surface area contributed by atoms with E-state index in [0.717, 1.165) is 52.8 Å². The van der Waals surface area contributed by atoms with Gasteiger partial charge in [0.05, 0.1) is 14.2 Å². The number of carbonyl (C=O) groups is 2. The maximum absolute atomic E-state index is 12.4. The van der Waals surface area contributed by atoms with Gasteiger partial charge in [-0.2, -0.15) is 0 Å². The van der Waals surface area contributed by atoms with Crippen LogP contribution in [0, 0.1) is 35.5 Å². The Hall–Kier alpha value is -2.12. The van der Waals surface area contributed by atoms with Crippen LogP contribution < -0.4 is 9.47 Å². The predicted molar refractivity (Wildman–Crippen MR) is 230 cm³/mol. The van der Waals surface area contributed by atoms with Crippen LogP contribution in [0.2, 0.25) is 0 Å². The summed E-state index contributed by atoms with van der Waals surface area (Å²) < 4.78 is 11.2. The van der Waals surface area contributed by atoms with Gasteiger partial charge in [-0.3, -0.25) is 9.59 Å². The molecule has 8 rings (SSSR count). The molecule has 2 heterocycles. The van der Waals surface area contributed by atoms with Gasteiger partial charge < -0.3 is 19.3 Å². The Balaban J connectivity index is 0.000000210. The minimum Gasteiger partial charge on any atom is -0.496 e. The first kappa shape index (κ1) is 45.6. The number of para-hydroxylation sites is 1. The van der Waals surface area contributed by atoms with Crippen LogP contribution in [-0.2, 0) is 4.79 Å². The number of Topliss-reactive ketones (excluding diaryl/α,β-unsaturated/α-hetero) is 1. The average Bonchev–Trinajstić information content (AvgIpc) is 4.02. The number of ketones is 1. The Morgan fingerprint density at radius 3 is 1.49 bits per heavy atom. The second kappa shape index (κ2) is 21.0. The Labute approximate surface area is 345 Å². The van der Waals surface area contributed by atoms with Crippen LogP contribution in [0.25, 0.3) is 0 Å². The van der Waals surface area contributed by atoms with E-state index in [-0.39, 0.29) is 42.7 Å². The minimum atomic E-state index is -0.269. The summed E-state index contributed by atoms with van der Waals surface area (Å²) in [6.07, 6.45) is 16.9. The third kappa shape index (κ3) is 11.1. The molecule has 2 saturated heterocycles. The summed E-state index contributed by atoms with van der Waals surface area (Å²) in [5.74, 6) is 7.55. The number of likely N-dealkylation sites (tertiary alicyclic amines) is 2. The molecule has 308 valence electrons. The normalized spacial score (nSPS) is 27.7. The van der Waals surface area contributed by atoms with E-state index in [4.69, 9.17) is 21.1 Å². The predicted octanol–water partition coefficient (Wildman–Crippen LogP) is 11.4. The summed E-state index contributed by atoms with van der Waals surface area (Å²) >= 11 is 4.97. The van der Waals surface area contributed by atoms with Gasteiger partial charge in [0, 0.05) is 29.5 Å². The quantitative estimate of drug-likeness (QED) is 0.186. The van der Waals surface area contributed by atoms with E-state index in [2.05, 4.69) is 40.1 Å². The molecule has 4 aliphatic carbocycles. The molecule has 55 heavy (non-hydrogen) atoms. The van der Waals surface area contributed by atoms with Gasteiger partial charge in [-0.05, 0) is 173 Å². The number of halogens is 2. The molecule has 0 N–H and O–H groups in total. The molecule has 2 aliphatic heterocycles. The molecule has 6 aliphatic rings. The van der Waals surface area contributed by atoms with Gasteiger partial charge in [-0.15, -0.1) is 12.4 Å². The van der Waals surface area contributed by atoms with Crippen molar-refractivity contribution in [3.8, 4) is 11.5 Å². The number of methoxy groups -OCH3 is 2. The van der Waals surface area contributed by atoms with Crippen molar-refractivity contribution in [1.82, 2.24) is 9.80 Å². The van der Waals surface area contributed by atoms with Gasteiger partial charge in [0.15, 0.2) is 5.78 Å². The molecule has 0 amide bonds. The Bertz CT molecular complexity index is 1520. The van der Waals surface area contributed by atoms with Crippen LogP contribution in [0.15, 0.2) is 42.5 Å². The Morgan fingerprint density at radius 1 is 0.636 bits per heavy atom. The van der Waals surface area contributed by atoms with Crippen LogP contribution >= 0.6 is 24.0 Å². The van der Waals surface area contributed by atoms with E-state index in [1.54, 1.807) is 28.1 Å². The number of fused-ring (bicyclic) bond motifs is 4. The van der Waals surface area contributed by atoms with Crippen molar-refractivity contribution >= 4 is 35.0 Å².